The van der Waals surface area contributed by atoms with E-state index in [1.807, 2.05) is 27.9 Å². The number of aromatic nitrogens is 4. The number of hydrogen-bond donors (Lipinski definition) is 1. The van der Waals surface area contributed by atoms with Crippen LogP contribution >= 0.6 is 11.6 Å². The Morgan fingerprint density at radius 1 is 1.33 bits per heavy atom. The first-order chi connectivity index (χ1) is 9.97. The minimum atomic E-state index is 0.148. The molecule has 21 heavy (non-hydrogen) atoms. The Bertz CT molecular complexity index is 635. The zero-order chi connectivity index (χ0) is 15.6. The lowest BCUT2D eigenvalue weighted by molar-refractivity contribution is 0.577. The van der Waals surface area contributed by atoms with Gasteiger partial charge in [-0.2, -0.15) is 15.3 Å². The van der Waals surface area contributed by atoms with E-state index in [9.17, 15) is 0 Å². The quantitative estimate of drug-likeness (QED) is 0.922. The first-order valence-electron chi connectivity index (χ1n) is 7.16. The lowest BCUT2D eigenvalue weighted by atomic mass is 9.97. The summed E-state index contributed by atoms with van der Waals surface area (Å²) in [7, 11) is 3.82. The zero-order valence-corrected chi connectivity index (χ0v) is 14.0. The summed E-state index contributed by atoms with van der Waals surface area (Å²) >= 11 is 6.35. The van der Waals surface area contributed by atoms with Crippen molar-refractivity contribution in [1.82, 2.24) is 25.3 Å². The van der Waals surface area contributed by atoms with Crippen molar-refractivity contribution in [2.75, 3.05) is 7.05 Å². The normalized spacial score (nSPS) is 12.7. The molecular weight excluding hydrogens is 286 g/mol. The van der Waals surface area contributed by atoms with Crippen LogP contribution in [-0.4, -0.2) is 27.0 Å². The lowest BCUT2D eigenvalue weighted by Gasteiger charge is -2.19. The van der Waals surface area contributed by atoms with Crippen molar-refractivity contribution in [3.63, 3.8) is 0 Å². The molecule has 5 nitrogen and oxygen atoms in total. The molecule has 0 aliphatic rings. The Hall–Kier alpha value is -1.46. The van der Waals surface area contributed by atoms with E-state index in [-0.39, 0.29) is 6.04 Å². The lowest BCUT2D eigenvalue weighted by Crippen LogP contribution is -2.21. The van der Waals surface area contributed by atoms with Crippen LogP contribution in [0.15, 0.2) is 6.07 Å². The summed E-state index contributed by atoms with van der Waals surface area (Å²) in [6, 6.07) is 2.25. The third kappa shape index (κ3) is 3.24. The van der Waals surface area contributed by atoms with E-state index in [4.69, 9.17) is 11.6 Å². The molecule has 0 fully saturated rings. The fraction of sp³-hybridized carbons (Fsp3) is 0.533. The van der Waals surface area contributed by atoms with Gasteiger partial charge in [0.05, 0.1) is 17.1 Å². The summed E-state index contributed by atoms with van der Waals surface area (Å²) < 4.78 is 1.72. The minimum Gasteiger partial charge on any atom is -0.313 e. The summed E-state index contributed by atoms with van der Waals surface area (Å²) in [5, 5.41) is 16.9. The number of likely N-dealkylation sites (N-methyl/N-ethyl adjacent to an activating group) is 1. The Kier molecular flexibility index (Phi) is 4.96. The molecule has 0 amide bonds. The molecule has 2 heterocycles. The van der Waals surface area contributed by atoms with Crippen molar-refractivity contribution in [1.29, 1.82) is 0 Å². The smallest absolute Gasteiger partial charge is 0.130 e. The van der Waals surface area contributed by atoms with E-state index in [1.54, 1.807) is 4.68 Å². The van der Waals surface area contributed by atoms with Crippen molar-refractivity contribution in [2.45, 2.75) is 39.7 Å². The maximum Gasteiger partial charge on any atom is 0.130 e. The van der Waals surface area contributed by atoms with Gasteiger partial charge in [0.25, 0.3) is 0 Å². The number of hydrogen-bond acceptors (Lipinski definition) is 4. The maximum atomic E-state index is 6.35. The Balaban J connectivity index is 2.38. The van der Waals surface area contributed by atoms with E-state index in [0.29, 0.717) is 5.15 Å². The summed E-state index contributed by atoms with van der Waals surface area (Å²) in [5.74, 6) is 0. The second kappa shape index (κ2) is 6.54. The van der Waals surface area contributed by atoms with Crippen LogP contribution in [0.2, 0.25) is 5.15 Å². The van der Waals surface area contributed by atoms with Crippen LogP contribution in [-0.2, 0) is 19.9 Å². The highest BCUT2D eigenvalue weighted by molar-refractivity contribution is 6.30. The van der Waals surface area contributed by atoms with Crippen molar-refractivity contribution in [3.8, 4) is 0 Å². The molecule has 0 saturated carbocycles. The number of halogens is 1. The maximum absolute atomic E-state index is 6.35. The minimum absolute atomic E-state index is 0.148. The largest absolute Gasteiger partial charge is 0.313 e. The summed E-state index contributed by atoms with van der Waals surface area (Å²) in [5.41, 5.74) is 5.19. The third-order valence-corrected chi connectivity index (χ3v) is 4.24. The van der Waals surface area contributed by atoms with Gasteiger partial charge in [0, 0.05) is 18.7 Å². The summed E-state index contributed by atoms with van der Waals surface area (Å²) in [6.07, 6.45) is 1.65. The fourth-order valence-corrected chi connectivity index (χ4v) is 2.84. The highest BCUT2D eigenvalue weighted by Crippen LogP contribution is 2.27. The van der Waals surface area contributed by atoms with Crippen LogP contribution in [0.3, 0.4) is 0 Å². The van der Waals surface area contributed by atoms with Crippen LogP contribution in [0.5, 0.6) is 0 Å². The van der Waals surface area contributed by atoms with E-state index >= 15 is 0 Å². The molecule has 1 unspecified atom stereocenters. The second-order valence-electron chi connectivity index (χ2n) is 5.27. The average molecular weight is 308 g/mol. The molecule has 0 spiro atoms. The van der Waals surface area contributed by atoms with Crippen LogP contribution in [0.1, 0.15) is 41.2 Å². The Labute approximate surface area is 130 Å². The van der Waals surface area contributed by atoms with Gasteiger partial charge >= 0.3 is 0 Å². The molecule has 0 radical (unpaired) electrons. The van der Waals surface area contributed by atoms with Gasteiger partial charge in [-0.15, -0.1) is 0 Å². The molecule has 0 aliphatic heterocycles. The van der Waals surface area contributed by atoms with Gasteiger partial charge in [-0.3, -0.25) is 4.68 Å². The third-order valence-electron chi connectivity index (χ3n) is 3.76. The first-order valence-corrected chi connectivity index (χ1v) is 7.54. The molecule has 0 bridgehead atoms. The number of aryl methyl sites for hydroxylation is 4. The van der Waals surface area contributed by atoms with Crippen LogP contribution in [0, 0.1) is 13.8 Å². The number of rotatable bonds is 5. The summed E-state index contributed by atoms with van der Waals surface area (Å²) in [4.78, 5) is 0. The molecule has 0 saturated heterocycles. The SMILES string of the molecule is CCc1nnc(C)cc1C(Cc1c(C)nn(C)c1Cl)NC. The molecule has 2 aromatic heterocycles. The van der Waals surface area contributed by atoms with Crippen LogP contribution in [0.4, 0.5) is 0 Å². The topological polar surface area (TPSA) is 55.6 Å². The molecule has 2 rings (SSSR count). The standard InChI is InChI=1S/C15H22ClN5/c1-6-13-12(7-9(2)18-19-13)14(17-4)8-11-10(3)20-21(5)15(11)16/h7,14,17H,6,8H2,1-5H3. The van der Waals surface area contributed by atoms with Crippen molar-refractivity contribution < 1.29 is 0 Å². The van der Waals surface area contributed by atoms with Gasteiger partial charge in [-0.1, -0.05) is 18.5 Å². The van der Waals surface area contributed by atoms with Gasteiger partial charge in [0.1, 0.15) is 5.15 Å². The molecule has 2 aromatic rings. The molecule has 0 aromatic carbocycles. The van der Waals surface area contributed by atoms with Crippen molar-refractivity contribution in [2.24, 2.45) is 7.05 Å². The van der Waals surface area contributed by atoms with Gasteiger partial charge in [-0.25, -0.2) is 0 Å². The van der Waals surface area contributed by atoms with Crippen molar-refractivity contribution >= 4 is 11.6 Å². The first kappa shape index (κ1) is 15.9. The van der Waals surface area contributed by atoms with Gasteiger partial charge in [-0.05, 0) is 45.4 Å². The predicted octanol–water partition coefficient (Wildman–Crippen LogP) is 2.55. The zero-order valence-electron chi connectivity index (χ0n) is 13.2. The number of nitrogens with one attached hydrogen (secondary N) is 1. The fourth-order valence-electron chi connectivity index (χ4n) is 2.59. The van der Waals surface area contributed by atoms with Gasteiger partial charge in [0.15, 0.2) is 0 Å². The second-order valence-corrected chi connectivity index (χ2v) is 5.62. The van der Waals surface area contributed by atoms with Crippen LogP contribution < -0.4 is 5.32 Å². The molecule has 1 N–H and O–H groups in total. The molecule has 1 atom stereocenters. The van der Waals surface area contributed by atoms with Gasteiger partial charge in [0.2, 0.25) is 0 Å². The van der Waals surface area contributed by atoms with E-state index in [2.05, 4.69) is 33.6 Å². The van der Waals surface area contributed by atoms with E-state index < -0.39 is 0 Å². The molecular formula is C15H22ClN5. The van der Waals surface area contributed by atoms with Crippen molar-refractivity contribution in [3.05, 3.63) is 39.4 Å². The number of nitrogens with zero attached hydrogens (tertiary/aromatic N) is 4. The average Bonchev–Trinajstić information content (AvgIpc) is 2.70. The predicted molar refractivity (Wildman–Crippen MR) is 84.6 cm³/mol. The van der Waals surface area contributed by atoms with Crippen LogP contribution in [0.25, 0.3) is 0 Å². The molecule has 0 aliphatic carbocycles. The Morgan fingerprint density at radius 2 is 2.05 bits per heavy atom. The Morgan fingerprint density at radius 3 is 2.57 bits per heavy atom. The molecule has 6 heteroatoms. The van der Waals surface area contributed by atoms with E-state index in [1.165, 1.54) is 5.56 Å². The molecule has 114 valence electrons. The highest BCUT2D eigenvalue weighted by Gasteiger charge is 2.20. The van der Waals surface area contributed by atoms with Gasteiger partial charge < -0.3 is 5.32 Å². The van der Waals surface area contributed by atoms with E-state index in [0.717, 1.165) is 35.5 Å². The summed E-state index contributed by atoms with van der Waals surface area (Å²) in [6.45, 7) is 6.05. The highest BCUT2D eigenvalue weighted by atomic mass is 35.5. The monoisotopic (exact) mass is 307 g/mol.